The summed E-state index contributed by atoms with van der Waals surface area (Å²) in [7, 11) is 0. The molecule has 0 heterocycles. The Bertz CT molecular complexity index is 610. The molecule has 0 spiro atoms. The van der Waals surface area contributed by atoms with Crippen molar-refractivity contribution in [3.8, 4) is 0 Å². The largest absolute Gasteiger partial charge is 0.374 e. The van der Waals surface area contributed by atoms with Crippen LogP contribution in [0.3, 0.4) is 0 Å². The number of anilines is 2. The molecule has 2 rings (SSSR count). The van der Waals surface area contributed by atoms with Crippen molar-refractivity contribution in [2.24, 2.45) is 0 Å². The normalized spacial score (nSPS) is 11.8. The molecule has 110 valence electrons. The molecule has 0 aromatic heterocycles. The molecule has 0 radical (unpaired) electrons. The quantitative estimate of drug-likeness (QED) is 0.877. The van der Waals surface area contributed by atoms with Gasteiger partial charge in [0.1, 0.15) is 11.9 Å². The molecule has 1 atom stereocenters. The van der Waals surface area contributed by atoms with Gasteiger partial charge in [0, 0.05) is 11.4 Å². The van der Waals surface area contributed by atoms with E-state index in [0.717, 1.165) is 12.1 Å². The monoisotopic (exact) mass is 286 g/mol. The number of nitrogens with one attached hydrogen (secondary N) is 2. The predicted octanol–water partition coefficient (Wildman–Crippen LogP) is 3.83. The lowest BCUT2D eigenvalue weighted by Gasteiger charge is -2.17. The zero-order valence-corrected chi connectivity index (χ0v) is 12.2. The highest BCUT2D eigenvalue weighted by molar-refractivity contribution is 5.96. The fraction of sp³-hybridized carbons (Fsp3) is 0.235. The third-order valence-electron chi connectivity index (χ3n) is 3.28. The summed E-state index contributed by atoms with van der Waals surface area (Å²) in [5.41, 5.74) is 2.71. The Kier molecular flexibility index (Phi) is 4.93. The van der Waals surface area contributed by atoms with Crippen LogP contribution in [0.5, 0.6) is 0 Å². The number of carbonyl (C=O) groups is 1. The Morgan fingerprint density at radius 1 is 1.14 bits per heavy atom. The number of rotatable bonds is 5. The highest BCUT2D eigenvalue weighted by Gasteiger charge is 2.13. The van der Waals surface area contributed by atoms with Crippen LogP contribution in [0.1, 0.15) is 19.4 Å². The van der Waals surface area contributed by atoms with Gasteiger partial charge in [-0.2, -0.15) is 0 Å². The average Bonchev–Trinajstić information content (AvgIpc) is 2.50. The number of para-hydroxylation sites is 1. The van der Waals surface area contributed by atoms with E-state index in [1.54, 1.807) is 19.1 Å². The van der Waals surface area contributed by atoms with E-state index in [-0.39, 0.29) is 17.8 Å². The number of hydrogen-bond donors (Lipinski definition) is 2. The van der Waals surface area contributed by atoms with Gasteiger partial charge in [0.15, 0.2) is 0 Å². The van der Waals surface area contributed by atoms with E-state index in [1.165, 1.54) is 17.7 Å². The zero-order valence-electron chi connectivity index (χ0n) is 12.2. The second-order valence-electron chi connectivity index (χ2n) is 4.87. The van der Waals surface area contributed by atoms with Gasteiger partial charge < -0.3 is 10.6 Å². The van der Waals surface area contributed by atoms with Crippen LogP contribution in [0.4, 0.5) is 15.8 Å². The van der Waals surface area contributed by atoms with E-state index in [4.69, 9.17) is 0 Å². The third kappa shape index (κ3) is 4.05. The first-order valence-corrected chi connectivity index (χ1v) is 7.01. The first kappa shape index (κ1) is 15.0. The summed E-state index contributed by atoms with van der Waals surface area (Å²) in [5.74, 6) is -0.483. The molecule has 21 heavy (non-hydrogen) atoms. The number of amides is 1. The maximum Gasteiger partial charge on any atom is 0.246 e. The SMILES string of the molecule is CCc1ccccc1N[C@@H](C)C(=O)Nc1ccc(F)cc1. The zero-order chi connectivity index (χ0) is 15.2. The fourth-order valence-corrected chi connectivity index (χ4v) is 2.05. The Morgan fingerprint density at radius 2 is 1.81 bits per heavy atom. The van der Waals surface area contributed by atoms with Crippen molar-refractivity contribution >= 4 is 17.3 Å². The predicted molar refractivity (Wildman–Crippen MR) is 83.9 cm³/mol. The molecule has 0 aliphatic rings. The van der Waals surface area contributed by atoms with Crippen molar-refractivity contribution in [1.82, 2.24) is 0 Å². The van der Waals surface area contributed by atoms with E-state index in [2.05, 4.69) is 17.6 Å². The van der Waals surface area contributed by atoms with Crippen molar-refractivity contribution in [1.29, 1.82) is 0 Å². The van der Waals surface area contributed by atoms with Crippen LogP contribution in [0.15, 0.2) is 48.5 Å². The summed E-state index contributed by atoms with van der Waals surface area (Å²) < 4.78 is 12.8. The molecule has 0 saturated heterocycles. The molecular weight excluding hydrogens is 267 g/mol. The number of halogens is 1. The number of carbonyl (C=O) groups excluding carboxylic acids is 1. The van der Waals surface area contributed by atoms with Crippen molar-refractivity contribution in [2.45, 2.75) is 26.3 Å². The van der Waals surface area contributed by atoms with Gasteiger partial charge in [0.2, 0.25) is 5.91 Å². The van der Waals surface area contributed by atoms with Crippen LogP contribution < -0.4 is 10.6 Å². The fourth-order valence-electron chi connectivity index (χ4n) is 2.05. The molecule has 2 N–H and O–H groups in total. The molecule has 0 fully saturated rings. The smallest absolute Gasteiger partial charge is 0.246 e. The summed E-state index contributed by atoms with van der Waals surface area (Å²) in [4.78, 5) is 12.1. The van der Waals surface area contributed by atoms with E-state index in [1.807, 2.05) is 24.3 Å². The molecule has 3 nitrogen and oxygen atoms in total. The molecular formula is C17H19FN2O. The van der Waals surface area contributed by atoms with Crippen molar-refractivity contribution in [3.63, 3.8) is 0 Å². The maximum absolute atomic E-state index is 12.8. The van der Waals surface area contributed by atoms with Gasteiger partial charge in [-0.3, -0.25) is 4.79 Å². The minimum absolute atomic E-state index is 0.160. The van der Waals surface area contributed by atoms with Gasteiger partial charge in [-0.1, -0.05) is 25.1 Å². The standard InChI is InChI=1S/C17H19FN2O/c1-3-13-6-4-5-7-16(13)19-12(2)17(21)20-15-10-8-14(18)9-11-15/h4-12,19H,3H2,1-2H3,(H,20,21)/t12-/m0/s1. The molecule has 0 aliphatic heterocycles. The Hall–Kier alpha value is -2.36. The van der Waals surface area contributed by atoms with Crippen molar-refractivity contribution in [3.05, 3.63) is 59.9 Å². The van der Waals surface area contributed by atoms with Crippen LogP contribution >= 0.6 is 0 Å². The maximum atomic E-state index is 12.8. The molecule has 0 bridgehead atoms. The Labute approximate surface area is 124 Å². The number of hydrogen-bond acceptors (Lipinski definition) is 2. The lowest BCUT2D eigenvalue weighted by atomic mass is 10.1. The molecule has 0 unspecified atom stereocenters. The molecule has 1 amide bonds. The summed E-state index contributed by atoms with van der Waals surface area (Å²) >= 11 is 0. The van der Waals surface area contributed by atoms with Gasteiger partial charge in [-0.15, -0.1) is 0 Å². The van der Waals surface area contributed by atoms with Crippen LogP contribution in [0, 0.1) is 5.82 Å². The average molecular weight is 286 g/mol. The molecule has 2 aromatic carbocycles. The lowest BCUT2D eigenvalue weighted by Crippen LogP contribution is -2.32. The van der Waals surface area contributed by atoms with Crippen LogP contribution in [0.2, 0.25) is 0 Å². The van der Waals surface area contributed by atoms with Crippen molar-refractivity contribution < 1.29 is 9.18 Å². The summed E-state index contributed by atoms with van der Waals surface area (Å²) in [6, 6.07) is 13.2. The van der Waals surface area contributed by atoms with Crippen molar-refractivity contribution in [2.75, 3.05) is 10.6 Å². The molecule has 4 heteroatoms. The molecule has 2 aromatic rings. The minimum atomic E-state index is -0.386. The topological polar surface area (TPSA) is 41.1 Å². The lowest BCUT2D eigenvalue weighted by molar-refractivity contribution is -0.116. The van der Waals surface area contributed by atoms with E-state index >= 15 is 0 Å². The minimum Gasteiger partial charge on any atom is -0.374 e. The van der Waals surface area contributed by atoms with E-state index in [0.29, 0.717) is 5.69 Å². The Balaban J connectivity index is 2.01. The van der Waals surface area contributed by atoms with Crippen LogP contribution in [0.25, 0.3) is 0 Å². The molecule has 0 aliphatic carbocycles. The first-order chi connectivity index (χ1) is 10.1. The van der Waals surface area contributed by atoms with Crippen LogP contribution in [-0.4, -0.2) is 11.9 Å². The molecule has 0 saturated carbocycles. The van der Waals surface area contributed by atoms with Gasteiger partial charge in [0.05, 0.1) is 0 Å². The van der Waals surface area contributed by atoms with Gasteiger partial charge in [-0.05, 0) is 49.2 Å². The third-order valence-corrected chi connectivity index (χ3v) is 3.28. The van der Waals surface area contributed by atoms with Crippen LogP contribution in [-0.2, 0) is 11.2 Å². The first-order valence-electron chi connectivity index (χ1n) is 7.01. The van der Waals surface area contributed by atoms with E-state index in [9.17, 15) is 9.18 Å². The highest BCUT2D eigenvalue weighted by atomic mass is 19.1. The number of benzene rings is 2. The summed E-state index contributed by atoms with van der Waals surface area (Å²) in [5, 5.41) is 5.97. The van der Waals surface area contributed by atoms with E-state index < -0.39 is 0 Å². The highest BCUT2D eigenvalue weighted by Crippen LogP contribution is 2.17. The van der Waals surface area contributed by atoms with Gasteiger partial charge in [-0.25, -0.2) is 4.39 Å². The number of aryl methyl sites for hydroxylation is 1. The van der Waals surface area contributed by atoms with Gasteiger partial charge in [0.25, 0.3) is 0 Å². The second kappa shape index (κ2) is 6.88. The second-order valence-corrected chi connectivity index (χ2v) is 4.87. The van der Waals surface area contributed by atoms with Gasteiger partial charge >= 0.3 is 0 Å². The summed E-state index contributed by atoms with van der Waals surface area (Å²) in [6.45, 7) is 3.87. The Morgan fingerprint density at radius 3 is 2.48 bits per heavy atom. The summed E-state index contributed by atoms with van der Waals surface area (Å²) in [6.07, 6.45) is 0.898.